The number of amides is 2. The summed E-state index contributed by atoms with van der Waals surface area (Å²) in [5.41, 5.74) is 1.16. The van der Waals surface area contributed by atoms with Crippen molar-refractivity contribution in [2.24, 2.45) is 0 Å². The maximum Gasteiger partial charge on any atom is 0.258 e. The van der Waals surface area contributed by atoms with E-state index in [4.69, 9.17) is 4.74 Å². The summed E-state index contributed by atoms with van der Waals surface area (Å²) in [4.78, 5) is 32.0. The molecule has 1 aromatic heterocycles. The third-order valence-corrected chi connectivity index (χ3v) is 3.38. The van der Waals surface area contributed by atoms with Crippen LogP contribution in [0.4, 0.5) is 0 Å². The van der Waals surface area contributed by atoms with Gasteiger partial charge in [-0.1, -0.05) is 32.0 Å². The fourth-order valence-corrected chi connectivity index (χ4v) is 2.16. The van der Waals surface area contributed by atoms with Crippen LogP contribution in [0.25, 0.3) is 0 Å². The highest BCUT2D eigenvalue weighted by atomic mass is 16.5. The van der Waals surface area contributed by atoms with Crippen molar-refractivity contribution in [3.63, 3.8) is 0 Å². The van der Waals surface area contributed by atoms with Crippen molar-refractivity contribution in [2.45, 2.75) is 19.8 Å². The Morgan fingerprint density at radius 3 is 2.56 bits per heavy atom. The van der Waals surface area contributed by atoms with E-state index in [0.29, 0.717) is 30.1 Å². The predicted octanol–water partition coefficient (Wildman–Crippen LogP) is 1.52. The first-order valence-electron chi connectivity index (χ1n) is 8.10. The zero-order valence-electron chi connectivity index (χ0n) is 14.4. The van der Waals surface area contributed by atoms with Gasteiger partial charge in [0.15, 0.2) is 6.61 Å². The lowest BCUT2D eigenvalue weighted by Crippen LogP contribution is -2.37. The average Bonchev–Trinajstić information content (AvgIpc) is 2.64. The predicted molar refractivity (Wildman–Crippen MR) is 93.4 cm³/mol. The third-order valence-electron chi connectivity index (χ3n) is 3.38. The Balaban J connectivity index is 1.70. The molecule has 0 atom stereocenters. The molecule has 0 spiro atoms. The SMILES string of the molecule is CC(C)c1ncncc1C(=O)NCCNC(=O)COc1ccccc1. The van der Waals surface area contributed by atoms with Crippen molar-refractivity contribution in [3.8, 4) is 5.75 Å². The number of carbonyl (C=O) groups excluding carboxylic acids is 2. The highest BCUT2D eigenvalue weighted by molar-refractivity contribution is 5.95. The first-order valence-corrected chi connectivity index (χ1v) is 8.10. The second-order valence-corrected chi connectivity index (χ2v) is 5.68. The number of aromatic nitrogens is 2. The van der Waals surface area contributed by atoms with Gasteiger partial charge < -0.3 is 15.4 Å². The number of para-hydroxylation sites is 1. The van der Waals surface area contributed by atoms with Crippen molar-refractivity contribution >= 4 is 11.8 Å². The fraction of sp³-hybridized carbons (Fsp3) is 0.333. The summed E-state index contributed by atoms with van der Waals surface area (Å²) in [6.45, 7) is 4.48. The third kappa shape index (κ3) is 5.87. The Labute approximate surface area is 146 Å². The van der Waals surface area contributed by atoms with Gasteiger partial charge in [0, 0.05) is 19.3 Å². The lowest BCUT2D eigenvalue weighted by atomic mass is 10.0. The van der Waals surface area contributed by atoms with Gasteiger partial charge in [0.25, 0.3) is 11.8 Å². The first-order chi connectivity index (χ1) is 12.1. The van der Waals surface area contributed by atoms with Crippen molar-refractivity contribution < 1.29 is 14.3 Å². The maximum absolute atomic E-state index is 12.2. The molecule has 7 nitrogen and oxygen atoms in total. The molecule has 2 amide bonds. The number of benzene rings is 1. The lowest BCUT2D eigenvalue weighted by molar-refractivity contribution is -0.123. The number of nitrogens with zero attached hydrogens (tertiary/aromatic N) is 2. The molecule has 1 heterocycles. The van der Waals surface area contributed by atoms with Gasteiger partial charge in [-0.3, -0.25) is 9.59 Å². The van der Waals surface area contributed by atoms with Gasteiger partial charge in [0.1, 0.15) is 12.1 Å². The Kier molecular flexibility index (Phi) is 6.88. The van der Waals surface area contributed by atoms with Crippen molar-refractivity contribution in [1.29, 1.82) is 0 Å². The van der Waals surface area contributed by atoms with E-state index in [0.717, 1.165) is 0 Å². The van der Waals surface area contributed by atoms with E-state index < -0.39 is 0 Å². The van der Waals surface area contributed by atoms with E-state index in [9.17, 15) is 9.59 Å². The van der Waals surface area contributed by atoms with Crippen LogP contribution in [0.2, 0.25) is 0 Å². The van der Waals surface area contributed by atoms with E-state index in [2.05, 4.69) is 20.6 Å². The molecule has 0 bridgehead atoms. The van der Waals surface area contributed by atoms with E-state index in [-0.39, 0.29) is 24.3 Å². The van der Waals surface area contributed by atoms with Crippen molar-refractivity contribution in [2.75, 3.05) is 19.7 Å². The molecular weight excluding hydrogens is 320 g/mol. The Morgan fingerprint density at radius 1 is 1.12 bits per heavy atom. The van der Waals surface area contributed by atoms with E-state index in [1.165, 1.54) is 12.5 Å². The van der Waals surface area contributed by atoms with Crippen LogP contribution in [-0.2, 0) is 4.79 Å². The molecule has 2 N–H and O–H groups in total. The minimum atomic E-state index is -0.251. The Morgan fingerprint density at radius 2 is 1.84 bits per heavy atom. The number of carbonyl (C=O) groups is 2. The summed E-state index contributed by atoms with van der Waals surface area (Å²) in [7, 11) is 0. The summed E-state index contributed by atoms with van der Waals surface area (Å²) < 4.78 is 5.34. The fourth-order valence-electron chi connectivity index (χ4n) is 2.16. The van der Waals surface area contributed by atoms with Gasteiger partial charge in [-0.2, -0.15) is 0 Å². The summed E-state index contributed by atoms with van der Waals surface area (Å²) >= 11 is 0. The highest BCUT2D eigenvalue weighted by Crippen LogP contribution is 2.15. The van der Waals surface area contributed by atoms with Gasteiger partial charge >= 0.3 is 0 Å². The van der Waals surface area contributed by atoms with Crippen LogP contribution in [0.3, 0.4) is 0 Å². The summed E-state index contributed by atoms with van der Waals surface area (Å²) in [5.74, 6) is 0.262. The zero-order valence-corrected chi connectivity index (χ0v) is 14.4. The lowest BCUT2D eigenvalue weighted by Gasteiger charge is -2.11. The van der Waals surface area contributed by atoms with Crippen molar-refractivity contribution in [3.05, 3.63) is 54.1 Å². The quantitative estimate of drug-likeness (QED) is 0.710. The number of rotatable bonds is 8. The standard InChI is InChI=1S/C18H22N4O3/c1-13(2)17-15(10-19-12-22-17)18(24)21-9-8-20-16(23)11-25-14-6-4-3-5-7-14/h3-7,10,12-13H,8-9,11H2,1-2H3,(H,20,23)(H,21,24). The largest absolute Gasteiger partial charge is 0.484 e. The molecule has 0 saturated carbocycles. The van der Waals surface area contributed by atoms with Crippen molar-refractivity contribution in [1.82, 2.24) is 20.6 Å². The average molecular weight is 342 g/mol. The van der Waals surface area contributed by atoms with Gasteiger partial charge in [0.05, 0.1) is 11.3 Å². The first kappa shape index (κ1) is 18.4. The maximum atomic E-state index is 12.2. The molecule has 0 aliphatic heterocycles. The van der Waals surface area contributed by atoms with Crippen LogP contribution >= 0.6 is 0 Å². The monoisotopic (exact) mass is 342 g/mol. The molecule has 0 aliphatic carbocycles. The molecular formula is C18H22N4O3. The van der Waals surface area contributed by atoms with Crippen LogP contribution < -0.4 is 15.4 Å². The smallest absolute Gasteiger partial charge is 0.258 e. The number of hydrogen-bond donors (Lipinski definition) is 2. The molecule has 0 unspecified atom stereocenters. The molecule has 2 aromatic rings. The minimum Gasteiger partial charge on any atom is -0.484 e. The molecule has 132 valence electrons. The van der Waals surface area contributed by atoms with E-state index >= 15 is 0 Å². The second-order valence-electron chi connectivity index (χ2n) is 5.68. The van der Waals surface area contributed by atoms with Crippen LogP contribution in [0, 0.1) is 0 Å². The van der Waals surface area contributed by atoms with E-state index in [1.807, 2.05) is 32.0 Å². The molecule has 0 radical (unpaired) electrons. The second kappa shape index (κ2) is 9.36. The number of ether oxygens (including phenoxy) is 1. The molecule has 25 heavy (non-hydrogen) atoms. The van der Waals surface area contributed by atoms with Gasteiger partial charge in [-0.05, 0) is 18.1 Å². The summed E-state index contributed by atoms with van der Waals surface area (Å²) in [6.07, 6.45) is 2.93. The van der Waals surface area contributed by atoms with Gasteiger partial charge in [0.2, 0.25) is 0 Å². The Hall–Kier alpha value is -2.96. The number of hydrogen-bond acceptors (Lipinski definition) is 5. The van der Waals surface area contributed by atoms with Crippen LogP contribution in [-0.4, -0.2) is 41.5 Å². The van der Waals surface area contributed by atoms with Gasteiger partial charge in [-0.15, -0.1) is 0 Å². The zero-order chi connectivity index (χ0) is 18.1. The molecule has 0 fully saturated rings. The van der Waals surface area contributed by atoms with Crippen LogP contribution in [0.15, 0.2) is 42.9 Å². The Bertz CT molecular complexity index is 704. The summed E-state index contributed by atoms with van der Waals surface area (Å²) in [6, 6.07) is 9.10. The van der Waals surface area contributed by atoms with Crippen LogP contribution in [0.1, 0.15) is 35.8 Å². The molecule has 1 aromatic carbocycles. The van der Waals surface area contributed by atoms with Gasteiger partial charge in [-0.25, -0.2) is 9.97 Å². The highest BCUT2D eigenvalue weighted by Gasteiger charge is 2.14. The van der Waals surface area contributed by atoms with Crippen LogP contribution in [0.5, 0.6) is 5.75 Å². The molecule has 0 aliphatic rings. The number of nitrogens with one attached hydrogen (secondary N) is 2. The summed E-state index contributed by atoms with van der Waals surface area (Å²) in [5, 5.41) is 5.44. The molecule has 7 heteroatoms. The molecule has 0 saturated heterocycles. The molecule has 2 rings (SSSR count). The van der Waals surface area contributed by atoms with E-state index in [1.54, 1.807) is 12.1 Å². The topological polar surface area (TPSA) is 93.2 Å². The normalized spacial score (nSPS) is 10.4. The minimum absolute atomic E-state index is 0.0675.